The molecule has 160 valence electrons. The number of amides is 1. The zero-order chi connectivity index (χ0) is 23.1. The highest BCUT2D eigenvalue weighted by Crippen LogP contribution is 2.27. The number of anilines is 1. The van der Waals surface area contributed by atoms with E-state index in [4.69, 9.17) is 16.3 Å². The average molecular weight is 452 g/mol. The molecule has 0 saturated carbocycles. The highest BCUT2D eigenvalue weighted by atomic mass is 35.5. The van der Waals surface area contributed by atoms with Crippen LogP contribution in [-0.4, -0.2) is 10.8 Å². The monoisotopic (exact) mass is 451 g/mol. The van der Waals surface area contributed by atoms with Crippen LogP contribution < -0.4 is 10.1 Å². The normalized spacial score (nSPS) is 10.8. The Labute approximate surface area is 187 Å². The number of rotatable bonds is 7. The van der Waals surface area contributed by atoms with Crippen molar-refractivity contribution in [2.24, 2.45) is 0 Å². The summed E-state index contributed by atoms with van der Waals surface area (Å²) in [6.45, 7) is 0.140. The number of nitriles is 1. The summed E-state index contributed by atoms with van der Waals surface area (Å²) in [5, 5.41) is 22.6. The number of para-hydroxylation sites is 1. The van der Waals surface area contributed by atoms with Crippen LogP contribution in [0.1, 0.15) is 11.1 Å². The smallest absolute Gasteiger partial charge is 0.269 e. The molecule has 0 aliphatic carbocycles. The number of non-ortho nitro benzene ring substituents is 1. The Morgan fingerprint density at radius 3 is 2.53 bits per heavy atom. The molecule has 0 bridgehead atoms. The van der Waals surface area contributed by atoms with Crippen LogP contribution in [0.5, 0.6) is 5.75 Å². The summed E-state index contributed by atoms with van der Waals surface area (Å²) in [7, 11) is 0. The maximum absolute atomic E-state index is 13.7. The first-order valence-electron chi connectivity index (χ1n) is 9.20. The number of nitrogens with zero attached hydrogens (tertiary/aromatic N) is 2. The van der Waals surface area contributed by atoms with E-state index in [2.05, 4.69) is 5.32 Å². The maximum atomic E-state index is 13.7. The fourth-order valence-corrected chi connectivity index (χ4v) is 2.91. The molecule has 0 unspecified atom stereocenters. The molecule has 7 nitrogen and oxygen atoms in total. The van der Waals surface area contributed by atoms with E-state index >= 15 is 0 Å². The standard InChI is InChI=1S/C23H15ClFN3O4/c24-19-12-16(11-17(13-26)23(29)27-21-4-2-1-3-20(21)25)7-10-22(19)32-14-15-5-8-18(9-6-15)28(30)31/h1-12H,14H2,(H,27,29)/b17-11+. The van der Waals surface area contributed by atoms with Gasteiger partial charge in [0.25, 0.3) is 11.6 Å². The molecular weight excluding hydrogens is 437 g/mol. The molecular formula is C23H15ClFN3O4. The summed E-state index contributed by atoms with van der Waals surface area (Å²) in [5.41, 5.74) is 0.899. The van der Waals surface area contributed by atoms with Gasteiger partial charge in [-0.15, -0.1) is 0 Å². The predicted molar refractivity (Wildman–Crippen MR) is 118 cm³/mol. The second kappa shape index (κ2) is 10.2. The predicted octanol–water partition coefficient (Wildman–Crippen LogP) is 5.51. The van der Waals surface area contributed by atoms with Crippen molar-refractivity contribution in [3.05, 3.63) is 104 Å². The van der Waals surface area contributed by atoms with Gasteiger partial charge in [-0.25, -0.2) is 4.39 Å². The zero-order valence-electron chi connectivity index (χ0n) is 16.4. The number of carbonyl (C=O) groups is 1. The van der Waals surface area contributed by atoms with E-state index in [-0.39, 0.29) is 28.6 Å². The van der Waals surface area contributed by atoms with Crippen LogP contribution >= 0.6 is 11.6 Å². The lowest BCUT2D eigenvalue weighted by atomic mass is 10.1. The van der Waals surface area contributed by atoms with Gasteiger partial charge in [0.1, 0.15) is 29.8 Å². The van der Waals surface area contributed by atoms with Gasteiger partial charge in [0.05, 0.1) is 15.6 Å². The van der Waals surface area contributed by atoms with E-state index < -0.39 is 16.6 Å². The number of hydrogen-bond acceptors (Lipinski definition) is 5. The van der Waals surface area contributed by atoms with Gasteiger partial charge in [-0.05, 0) is 53.6 Å². The molecule has 3 aromatic rings. The number of ether oxygens (including phenoxy) is 1. The number of nitro benzene ring substituents is 1. The first-order chi connectivity index (χ1) is 15.4. The minimum atomic E-state index is -0.757. The van der Waals surface area contributed by atoms with E-state index in [9.17, 15) is 24.6 Å². The van der Waals surface area contributed by atoms with Gasteiger partial charge in [-0.1, -0.05) is 29.8 Å². The van der Waals surface area contributed by atoms with Crippen molar-refractivity contribution in [1.29, 1.82) is 5.26 Å². The molecule has 9 heteroatoms. The van der Waals surface area contributed by atoms with Crippen LogP contribution in [0.3, 0.4) is 0 Å². The lowest BCUT2D eigenvalue weighted by molar-refractivity contribution is -0.384. The van der Waals surface area contributed by atoms with Crippen LogP contribution in [0.4, 0.5) is 15.8 Å². The van der Waals surface area contributed by atoms with Crippen molar-refractivity contribution in [1.82, 2.24) is 0 Å². The van der Waals surface area contributed by atoms with Gasteiger partial charge >= 0.3 is 0 Å². The van der Waals surface area contributed by atoms with Crippen molar-refractivity contribution >= 4 is 35.0 Å². The fraction of sp³-hybridized carbons (Fsp3) is 0.0435. The van der Waals surface area contributed by atoms with Crippen molar-refractivity contribution in [2.45, 2.75) is 6.61 Å². The molecule has 3 aromatic carbocycles. The number of carbonyl (C=O) groups excluding carboxylic acids is 1. The van der Waals surface area contributed by atoms with Crippen LogP contribution in [0.15, 0.2) is 72.3 Å². The Balaban J connectivity index is 1.69. The van der Waals surface area contributed by atoms with E-state index in [1.165, 1.54) is 42.5 Å². The molecule has 0 heterocycles. The highest BCUT2D eigenvalue weighted by molar-refractivity contribution is 6.32. The third-order valence-corrected chi connectivity index (χ3v) is 4.59. The minimum absolute atomic E-state index is 0.0183. The first kappa shape index (κ1) is 22.5. The van der Waals surface area contributed by atoms with Crippen molar-refractivity contribution in [3.63, 3.8) is 0 Å². The summed E-state index contributed by atoms with van der Waals surface area (Å²) in [6.07, 6.45) is 1.32. The first-order valence-corrected chi connectivity index (χ1v) is 9.58. The van der Waals surface area contributed by atoms with Gasteiger partial charge < -0.3 is 10.1 Å². The van der Waals surface area contributed by atoms with Gasteiger partial charge in [0.15, 0.2) is 0 Å². The van der Waals surface area contributed by atoms with Crippen molar-refractivity contribution in [2.75, 3.05) is 5.32 Å². The molecule has 0 fully saturated rings. The fourth-order valence-electron chi connectivity index (χ4n) is 2.67. The Morgan fingerprint density at radius 2 is 1.91 bits per heavy atom. The second-order valence-electron chi connectivity index (χ2n) is 6.51. The Kier molecular flexibility index (Phi) is 7.16. The molecule has 3 rings (SSSR count). The summed E-state index contributed by atoms with van der Waals surface area (Å²) in [4.78, 5) is 22.5. The van der Waals surface area contributed by atoms with Crippen LogP contribution in [-0.2, 0) is 11.4 Å². The largest absolute Gasteiger partial charge is 0.487 e. The van der Waals surface area contributed by atoms with Crippen molar-refractivity contribution < 1.29 is 18.8 Å². The van der Waals surface area contributed by atoms with Crippen molar-refractivity contribution in [3.8, 4) is 11.8 Å². The topological polar surface area (TPSA) is 105 Å². The minimum Gasteiger partial charge on any atom is -0.487 e. The molecule has 0 aliphatic rings. The van der Waals surface area contributed by atoms with Gasteiger partial charge in [-0.3, -0.25) is 14.9 Å². The molecule has 1 amide bonds. The summed E-state index contributed by atoms with van der Waals surface area (Å²) in [5.74, 6) is -1.01. The molecule has 0 saturated heterocycles. The zero-order valence-corrected chi connectivity index (χ0v) is 17.2. The number of nitro groups is 1. The van der Waals surface area contributed by atoms with Crippen LogP contribution in [0.25, 0.3) is 6.08 Å². The highest BCUT2D eigenvalue weighted by Gasteiger charge is 2.13. The van der Waals surface area contributed by atoms with E-state index in [0.29, 0.717) is 16.9 Å². The van der Waals surface area contributed by atoms with Gasteiger partial charge in [-0.2, -0.15) is 5.26 Å². The number of halogens is 2. The molecule has 32 heavy (non-hydrogen) atoms. The van der Waals surface area contributed by atoms with E-state index in [1.54, 1.807) is 36.4 Å². The Bertz CT molecular complexity index is 1240. The quantitative estimate of drug-likeness (QED) is 0.220. The number of benzene rings is 3. The lowest BCUT2D eigenvalue weighted by Crippen LogP contribution is -2.14. The Hall–Kier alpha value is -4.22. The van der Waals surface area contributed by atoms with E-state index in [0.717, 1.165) is 0 Å². The van der Waals surface area contributed by atoms with Crippen LogP contribution in [0.2, 0.25) is 5.02 Å². The molecule has 1 N–H and O–H groups in total. The lowest BCUT2D eigenvalue weighted by Gasteiger charge is -2.09. The number of hydrogen-bond donors (Lipinski definition) is 1. The maximum Gasteiger partial charge on any atom is 0.269 e. The third kappa shape index (κ3) is 5.68. The molecule has 0 atom stereocenters. The van der Waals surface area contributed by atoms with Gasteiger partial charge in [0.2, 0.25) is 0 Å². The Morgan fingerprint density at radius 1 is 1.19 bits per heavy atom. The summed E-state index contributed by atoms with van der Waals surface area (Å²) >= 11 is 6.24. The number of nitrogens with one attached hydrogen (secondary N) is 1. The van der Waals surface area contributed by atoms with E-state index in [1.807, 2.05) is 0 Å². The summed E-state index contributed by atoms with van der Waals surface area (Å²) in [6, 6.07) is 18.0. The molecule has 0 radical (unpaired) electrons. The summed E-state index contributed by atoms with van der Waals surface area (Å²) < 4.78 is 19.4. The molecule has 0 spiro atoms. The average Bonchev–Trinajstić information content (AvgIpc) is 2.78. The second-order valence-corrected chi connectivity index (χ2v) is 6.91. The molecule has 0 aromatic heterocycles. The van der Waals surface area contributed by atoms with Gasteiger partial charge in [0, 0.05) is 12.1 Å². The van der Waals surface area contributed by atoms with Crippen LogP contribution in [0, 0.1) is 27.3 Å². The SMILES string of the molecule is N#C/C(=C\c1ccc(OCc2ccc([N+](=O)[O-])cc2)c(Cl)c1)C(=O)Nc1ccccc1F. The third-order valence-electron chi connectivity index (χ3n) is 4.30. The molecule has 0 aliphatic heterocycles.